The average molecular weight is 347 g/mol. The van der Waals surface area contributed by atoms with Crippen molar-refractivity contribution in [1.29, 1.82) is 0 Å². The number of nitrogens with zero attached hydrogens (tertiary/aromatic N) is 2. The van der Waals surface area contributed by atoms with Crippen LogP contribution in [0, 0.1) is 19.7 Å². The van der Waals surface area contributed by atoms with Crippen molar-refractivity contribution < 1.29 is 14.0 Å². The summed E-state index contributed by atoms with van der Waals surface area (Å²) in [5.74, 6) is -0.159. The van der Waals surface area contributed by atoms with E-state index in [2.05, 4.69) is 21.0 Å². The minimum Gasteiger partial charge on any atom is -0.358 e. The second-order valence-electron chi connectivity index (χ2n) is 5.83. The van der Waals surface area contributed by atoms with Gasteiger partial charge in [0.15, 0.2) is 5.82 Å². The van der Waals surface area contributed by atoms with E-state index >= 15 is 0 Å². The van der Waals surface area contributed by atoms with Gasteiger partial charge in [0.05, 0.1) is 6.04 Å². The van der Waals surface area contributed by atoms with Crippen molar-refractivity contribution in [3.8, 4) is 0 Å². The molecule has 0 saturated carbocycles. The number of nitrogens with one attached hydrogen (secondary N) is 3. The molecule has 2 rings (SSSR count). The summed E-state index contributed by atoms with van der Waals surface area (Å²) in [5.41, 5.74) is 1.96. The second-order valence-corrected chi connectivity index (χ2v) is 5.83. The Bertz CT molecular complexity index is 787. The number of aromatic nitrogens is 2. The van der Waals surface area contributed by atoms with E-state index in [9.17, 15) is 14.0 Å². The quantitative estimate of drug-likeness (QED) is 0.775. The molecule has 1 aromatic carbocycles. The molecule has 0 unspecified atom stereocenters. The van der Waals surface area contributed by atoms with Gasteiger partial charge in [-0.05, 0) is 38.0 Å². The summed E-state index contributed by atoms with van der Waals surface area (Å²) in [6, 6.07) is 5.68. The summed E-state index contributed by atoms with van der Waals surface area (Å²) in [7, 11) is 1.54. The molecule has 134 valence electrons. The number of hydrogen-bond donors (Lipinski definition) is 3. The van der Waals surface area contributed by atoms with Gasteiger partial charge in [-0.2, -0.15) is 5.10 Å². The van der Waals surface area contributed by atoms with Crippen molar-refractivity contribution in [3.05, 3.63) is 46.9 Å². The van der Waals surface area contributed by atoms with Crippen molar-refractivity contribution in [2.75, 3.05) is 12.4 Å². The lowest BCUT2D eigenvalue weighted by Gasteiger charge is -2.15. The number of halogens is 1. The highest BCUT2D eigenvalue weighted by Gasteiger charge is 2.13. The summed E-state index contributed by atoms with van der Waals surface area (Å²) in [6.45, 7) is 5.31. The van der Waals surface area contributed by atoms with Crippen LogP contribution in [0.5, 0.6) is 0 Å². The van der Waals surface area contributed by atoms with Gasteiger partial charge >= 0.3 is 6.03 Å². The summed E-state index contributed by atoms with van der Waals surface area (Å²) in [5, 5.41) is 12.0. The second kappa shape index (κ2) is 7.78. The average Bonchev–Trinajstić information content (AvgIpc) is 2.88. The maximum atomic E-state index is 13.6. The fourth-order valence-corrected chi connectivity index (χ4v) is 2.26. The SMILES string of the molecule is CNC(=O)Cn1nc(NC(=O)N[C@H](C)c2ccc(C)c(F)c2)cc1C. The van der Waals surface area contributed by atoms with Gasteiger partial charge in [-0.15, -0.1) is 0 Å². The van der Waals surface area contributed by atoms with Crippen LogP contribution in [0.4, 0.5) is 15.0 Å². The lowest BCUT2D eigenvalue weighted by molar-refractivity contribution is -0.121. The summed E-state index contributed by atoms with van der Waals surface area (Å²) in [6.07, 6.45) is 0. The molecule has 0 aliphatic carbocycles. The number of anilines is 1. The third-order valence-corrected chi connectivity index (χ3v) is 3.84. The summed E-state index contributed by atoms with van der Waals surface area (Å²) >= 11 is 0. The summed E-state index contributed by atoms with van der Waals surface area (Å²) < 4.78 is 15.1. The first-order valence-electron chi connectivity index (χ1n) is 7.88. The van der Waals surface area contributed by atoms with Crippen LogP contribution in [0.3, 0.4) is 0 Å². The topological polar surface area (TPSA) is 88.1 Å². The van der Waals surface area contributed by atoms with Crippen molar-refractivity contribution >= 4 is 17.8 Å². The molecule has 0 bridgehead atoms. The fourth-order valence-electron chi connectivity index (χ4n) is 2.26. The zero-order chi connectivity index (χ0) is 18.6. The molecule has 0 spiro atoms. The molecule has 3 N–H and O–H groups in total. The first-order chi connectivity index (χ1) is 11.8. The van der Waals surface area contributed by atoms with Gasteiger partial charge in [-0.3, -0.25) is 14.8 Å². The molecule has 25 heavy (non-hydrogen) atoms. The molecule has 0 aliphatic heterocycles. The normalized spacial score (nSPS) is 11.7. The highest BCUT2D eigenvalue weighted by Crippen LogP contribution is 2.16. The van der Waals surface area contributed by atoms with Crippen molar-refractivity contribution in [3.63, 3.8) is 0 Å². The van der Waals surface area contributed by atoms with Gasteiger partial charge in [0.25, 0.3) is 0 Å². The molecule has 1 atom stereocenters. The number of hydrogen-bond acceptors (Lipinski definition) is 3. The van der Waals surface area contributed by atoms with Crippen LogP contribution in [0.15, 0.2) is 24.3 Å². The first-order valence-corrected chi connectivity index (χ1v) is 7.88. The molecular weight excluding hydrogens is 325 g/mol. The number of rotatable bonds is 5. The van der Waals surface area contributed by atoms with Crippen LogP contribution >= 0.6 is 0 Å². The van der Waals surface area contributed by atoms with Crippen LogP contribution in [0.25, 0.3) is 0 Å². The highest BCUT2D eigenvalue weighted by atomic mass is 19.1. The van der Waals surface area contributed by atoms with Crippen molar-refractivity contribution in [2.24, 2.45) is 0 Å². The molecule has 1 aromatic heterocycles. The number of benzene rings is 1. The molecule has 2 aromatic rings. The molecule has 0 fully saturated rings. The smallest absolute Gasteiger partial charge is 0.320 e. The van der Waals surface area contributed by atoms with E-state index in [4.69, 9.17) is 0 Å². The van der Waals surface area contributed by atoms with Crippen LogP contribution in [0.2, 0.25) is 0 Å². The third kappa shape index (κ3) is 4.79. The van der Waals surface area contributed by atoms with Gasteiger partial charge in [0, 0.05) is 18.8 Å². The maximum absolute atomic E-state index is 13.6. The van der Waals surface area contributed by atoms with E-state index in [0.29, 0.717) is 16.9 Å². The van der Waals surface area contributed by atoms with Gasteiger partial charge < -0.3 is 10.6 Å². The van der Waals surface area contributed by atoms with Crippen LogP contribution in [0.1, 0.15) is 29.8 Å². The van der Waals surface area contributed by atoms with Crippen LogP contribution < -0.4 is 16.0 Å². The van der Waals surface area contributed by atoms with Gasteiger partial charge in [-0.1, -0.05) is 12.1 Å². The number of carbonyl (C=O) groups excluding carboxylic acids is 2. The standard InChI is InChI=1S/C17H22FN5O2/c1-10-5-6-13(8-14(10)18)12(3)20-17(25)21-15-7-11(2)23(22-15)9-16(24)19-4/h5-8,12H,9H2,1-4H3,(H,19,24)(H2,20,21,22,25)/t12-/m1/s1. The van der Waals surface area contributed by atoms with Gasteiger partial charge in [-0.25, -0.2) is 9.18 Å². The Kier molecular flexibility index (Phi) is 5.74. The zero-order valence-corrected chi connectivity index (χ0v) is 14.7. The number of carbonyl (C=O) groups is 2. The Hall–Kier alpha value is -2.90. The fraction of sp³-hybridized carbons (Fsp3) is 0.353. The third-order valence-electron chi connectivity index (χ3n) is 3.84. The van der Waals surface area contributed by atoms with E-state index in [1.54, 1.807) is 46.0 Å². The Balaban J connectivity index is 1.98. The van der Waals surface area contributed by atoms with Crippen molar-refractivity contribution in [1.82, 2.24) is 20.4 Å². The van der Waals surface area contributed by atoms with E-state index in [0.717, 1.165) is 5.69 Å². The number of likely N-dealkylation sites (N-methyl/N-ethyl adjacent to an activating group) is 1. The Morgan fingerprint density at radius 1 is 1.28 bits per heavy atom. The Labute approximate surface area is 145 Å². The van der Waals surface area contributed by atoms with Gasteiger partial charge in [0.1, 0.15) is 12.4 Å². The predicted octanol–water partition coefficient (Wildman–Crippen LogP) is 2.27. The number of amides is 3. The minimum absolute atomic E-state index is 0.0741. The van der Waals surface area contributed by atoms with E-state index < -0.39 is 6.03 Å². The first kappa shape index (κ1) is 18.4. The zero-order valence-electron chi connectivity index (χ0n) is 14.7. The maximum Gasteiger partial charge on any atom is 0.320 e. The molecule has 3 amide bonds. The van der Waals surface area contributed by atoms with Gasteiger partial charge in [0.2, 0.25) is 5.91 Å². The van der Waals surface area contributed by atoms with Crippen molar-refractivity contribution in [2.45, 2.75) is 33.4 Å². The summed E-state index contributed by atoms with van der Waals surface area (Å²) in [4.78, 5) is 23.5. The molecule has 1 heterocycles. The highest BCUT2D eigenvalue weighted by molar-refractivity contribution is 5.88. The largest absolute Gasteiger partial charge is 0.358 e. The lowest BCUT2D eigenvalue weighted by Crippen LogP contribution is -2.31. The Morgan fingerprint density at radius 3 is 2.64 bits per heavy atom. The molecule has 7 nitrogen and oxygen atoms in total. The molecule has 0 aliphatic rings. The lowest BCUT2D eigenvalue weighted by atomic mass is 10.1. The number of urea groups is 1. The van der Waals surface area contributed by atoms with E-state index in [1.165, 1.54) is 10.7 Å². The molecule has 0 radical (unpaired) electrons. The molecule has 8 heteroatoms. The number of aryl methyl sites for hydroxylation is 2. The Morgan fingerprint density at radius 2 is 2.00 bits per heavy atom. The molecular formula is C17H22FN5O2. The predicted molar refractivity (Wildman–Crippen MR) is 92.7 cm³/mol. The minimum atomic E-state index is -0.460. The monoisotopic (exact) mass is 347 g/mol. The van der Waals surface area contributed by atoms with Crippen LogP contribution in [-0.2, 0) is 11.3 Å². The van der Waals surface area contributed by atoms with E-state index in [-0.39, 0.29) is 24.3 Å². The van der Waals surface area contributed by atoms with E-state index in [1.807, 2.05) is 0 Å². The van der Waals surface area contributed by atoms with Crippen LogP contribution in [-0.4, -0.2) is 28.8 Å². The molecule has 0 saturated heterocycles.